The highest BCUT2D eigenvalue weighted by atomic mass is 80.0. The molecule has 0 aromatic carbocycles. The smallest absolute Gasteiger partial charge is 0.284 e. The molecule has 0 aliphatic carbocycles. The van der Waals surface area contributed by atoms with E-state index in [1.54, 1.807) is 0 Å². The largest absolute Gasteiger partial charge is 0.293 e. The van der Waals surface area contributed by atoms with Gasteiger partial charge in [-0.05, 0) is 31.9 Å². The van der Waals surface area contributed by atoms with Gasteiger partial charge >= 0.3 is 0 Å². The van der Waals surface area contributed by atoms with Crippen molar-refractivity contribution >= 4 is 122 Å². The van der Waals surface area contributed by atoms with Gasteiger partial charge < -0.3 is 0 Å². The molecule has 1 N–H and O–H groups in total. The summed E-state index contributed by atoms with van der Waals surface area (Å²) in [4.78, 5) is 0. The molecule has 0 saturated carbocycles. The predicted octanol–water partition coefficient (Wildman–Crippen LogP) is 4.64. The van der Waals surface area contributed by atoms with E-state index >= 15 is 0 Å². The third-order valence-corrected chi connectivity index (χ3v) is 15.7. The fraction of sp³-hybridized carbons (Fsp3) is 1.00. The van der Waals surface area contributed by atoms with Crippen LogP contribution in [-0.2, 0) is 10.1 Å². The van der Waals surface area contributed by atoms with Crippen LogP contribution in [0.5, 0.6) is 0 Å². The minimum absolute atomic E-state index is 1.02. The standard InChI is InChI=1S/C3HBr7O3S/c4-1(5,2(6,7)8)3(9,10)14(11,12)13/h(H,11,12,13). The first-order valence-corrected chi connectivity index (χ1v) is 9.53. The molecule has 0 spiro atoms. The van der Waals surface area contributed by atoms with E-state index in [1.807, 2.05) is 0 Å². The Balaban J connectivity index is 5.54. The number of alkyl halides is 7. The third kappa shape index (κ3) is 3.39. The second-order valence-corrected chi connectivity index (χ2v) is 18.3. The van der Waals surface area contributed by atoms with Crippen LogP contribution in [0.15, 0.2) is 0 Å². The van der Waals surface area contributed by atoms with Crippen LogP contribution in [-0.4, -0.2) is 20.9 Å². The summed E-state index contributed by atoms with van der Waals surface area (Å²) in [5.41, 5.74) is 0. The fourth-order valence-corrected chi connectivity index (χ4v) is 5.51. The lowest BCUT2D eigenvalue weighted by Crippen LogP contribution is -2.49. The molecule has 3 nitrogen and oxygen atoms in total. The Hall–Kier alpha value is 3.27. The first-order valence-electron chi connectivity index (χ1n) is 2.54. The van der Waals surface area contributed by atoms with E-state index in [9.17, 15) is 8.42 Å². The van der Waals surface area contributed by atoms with Gasteiger partial charge in [-0.3, -0.25) is 4.55 Å². The first-order chi connectivity index (χ1) is 5.75. The Morgan fingerprint density at radius 1 is 0.857 bits per heavy atom. The lowest BCUT2D eigenvalue weighted by molar-refractivity contribution is 0.476. The van der Waals surface area contributed by atoms with Crippen LogP contribution in [0.2, 0.25) is 0 Å². The molecule has 0 radical (unpaired) electrons. The highest BCUT2D eigenvalue weighted by Gasteiger charge is 2.63. The molecule has 0 aliphatic rings. The van der Waals surface area contributed by atoms with Crippen molar-refractivity contribution in [3.05, 3.63) is 0 Å². The molecule has 0 aliphatic heterocycles. The molecule has 0 fully saturated rings. The minimum atomic E-state index is -4.39. The van der Waals surface area contributed by atoms with Crippen molar-refractivity contribution in [1.29, 1.82) is 0 Å². The summed E-state index contributed by atoms with van der Waals surface area (Å²) >= 11 is 21.3. The van der Waals surface area contributed by atoms with Crippen molar-refractivity contribution in [2.24, 2.45) is 0 Å². The average Bonchev–Trinajstić information content (AvgIpc) is 1.81. The summed E-state index contributed by atoms with van der Waals surface area (Å²) in [6.45, 7) is 0. The summed E-state index contributed by atoms with van der Waals surface area (Å²) in [6.07, 6.45) is 0. The van der Waals surface area contributed by atoms with E-state index in [0.29, 0.717) is 0 Å². The maximum absolute atomic E-state index is 11.1. The molecular formula is C3HBr7O3S. The average molecular weight is 676 g/mol. The van der Waals surface area contributed by atoms with Crippen molar-refractivity contribution in [2.75, 3.05) is 0 Å². The van der Waals surface area contributed by atoms with E-state index in [4.69, 9.17) is 4.55 Å². The van der Waals surface area contributed by atoms with E-state index in [1.165, 1.54) is 0 Å². The van der Waals surface area contributed by atoms with Crippen LogP contribution in [0.3, 0.4) is 0 Å². The van der Waals surface area contributed by atoms with Crippen molar-refractivity contribution in [3.63, 3.8) is 0 Å². The van der Waals surface area contributed by atoms with Crippen molar-refractivity contribution < 1.29 is 13.0 Å². The molecule has 0 saturated heterocycles. The van der Waals surface area contributed by atoms with Crippen LogP contribution in [0.4, 0.5) is 0 Å². The van der Waals surface area contributed by atoms with Crippen LogP contribution < -0.4 is 0 Å². The van der Waals surface area contributed by atoms with Crippen LogP contribution in [0, 0.1) is 0 Å². The molecule has 0 bridgehead atoms. The highest BCUT2D eigenvalue weighted by molar-refractivity contribution is 9.42. The summed E-state index contributed by atoms with van der Waals surface area (Å²) in [7, 11) is -4.39. The molecule has 0 aromatic heterocycles. The van der Waals surface area contributed by atoms with Gasteiger partial charge in [0.15, 0.2) is 5.38 Å². The quantitative estimate of drug-likeness (QED) is 0.343. The van der Waals surface area contributed by atoms with Crippen LogP contribution >= 0.6 is 112 Å². The van der Waals surface area contributed by atoms with Gasteiger partial charge in [0.25, 0.3) is 10.1 Å². The van der Waals surface area contributed by atoms with Gasteiger partial charge in [0.2, 0.25) is 2.57 Å². The zero-order valence-corrected chi connectivity index (χ0v) is 17.7. The zero-order valence-electron chi connectivity index (χ0n) is 5.82. The van der Waals surface area contributed by atoms with Gasteiger partial charge in [0.05, 0.1) is 0 Å². The second-order valence-electron chi connectivity index (χ2n) is 2.06. The van der Waals surface area contributed by atoms with Crippen molar-refractivity contribution in [1.82, 2.24) is 0 Å². The minimum Gasteiger partial charge on any atom is -0.284 e. The first kappa shape index (κ1) is 17.3. The van der Waals surface area contributed by atoms with Crippen LogP contribution in [0.25, 0.3) is 0 Å². The zero-order chi connectivity index (χ0) is 12.0. The van der Waals surface area contributed by atoms with Gasteiger partial charge in [0, 0.05) is 0 Å². The van der Waals surface area contributed by atoms with E-state index in [-0.39, 0.29) is 0 Å². The predicted molar refractivity (Wildman–Crippen MR) is 82.2 cm³/mol. The molecular weight excluding hydrogens is 675 g/mol. The normalized spacial score (nSPS) is 15.7. The molecule has 0 amide bonds. The Labute approximate surface area is 140 Å². The summed E-state index contributed by atoms with van der Waals surface area (Å²) < 4.78 is 27.0. The number of halogens is 7. The van der Waals surface area contributed by atoms with Gasteiger partial charge in [-0.25, -0.2) is 0 Å². The number of hydrogen-bond acceptors (Lipinski definition) is 2. The van der Waals surface area contributed by atoms with Crippen LogP contribution in [0.1, 0.15) is 0 Å². The Kier molecular flexibility index (Phi) is 6.29. The SMILES string of the molecule is O=S(=O)(O)C(Br)(Br)C(Br)(Br)C(Br)(Br)Br. The molecule has 0 unspecified atom stereocenters. The summed E-state index contributed by atoms with van der Waals surface area (Å²) in [5.74, 6) is 0. The lowest BCUT2D eigenvalue weighted by atomic mass is 10.6. The maximum atomic E-state index is 11.1. The highest BCUT2D eigenvalue weighted by Crippen LogP contribution is 2.63. The molecule has 0 aromatic rings. The van der Waals surface area contributed by atoms with E-state index < -0.39 is 18.1 Å². The monoisotopic (exact) mass is 669 g/mol. The second kappa shape index (κ2) is 5.10. The molecule has 0 heterocycles. The van der Waals surface area contributed by atoms with E-state index in [0.717, 1.165) is 0 Å². The molecule has 11 heteroatoms. The molecule has 14 heavy (non-hydrogen) atoms. The molecule has 86 valence electrons. The van der Waals surface area contributed by atoms with E-state index in [2.05, 4.69) is 112 Å². The Morgan fingerprint density at radius 3 is 1.21 bits per heavy atom. The summed E-state index contributed by atoms with van der Waals surface area (Å²) in [5, 5.41) is 0. The van der Waals surface area contributed by atoms with Gasteiger partial charge in [-0.15, -0.1) is 0 Å². The topological polar surface area (TPSA) is 54.4 Å². The Bertz CT molecular complexity index is 314. The maximum Gasteiger partial charge on any atom is 0.293 e. The summed E-state index contributed by atoms with van der Waals surface area (Å²) in [6, 6.07) is 0. The third-order valence-electron chi connectivity index (χ3n) is 1.05. The van der Waals surface area contributed by atoms with Crippen molar-refractivity contribution in [3.8, 4) is 0 Å². The number of hydrogen-bond donors (Lipinski definition) is 1. The number of rotatable bonds is 2. The van der Waals surface area contributed by atoms with Gasteiger partial charge in [-0.2, -0.15) is 8.42 Å². The Morgan fingerprint density at radius 2 is 1.14 bits per heavy atom. The molecule has 0 atom stereocenters. The lowest BCUT2D eigenvalue weighted by Gasteiger charge is -2.37. The van der Waals surface area contributed by atoms with Gasteiger partial charge in [-0.1, -0.05) is 79.6 Å². The molecule has 0 rings (SSSR count). The van der Waals surface area contributed by atoms with Gasteiger partial charge in [0.1, 0.15) is 0 Å². The fourth-order valence-electron chi connectivity index (χ4n) is 0.327. The van der Waals surface area contributed by atoms with Crippen molar-refractivity contribution in [2.45, 2.75) is 7.94 Å².